The van der Waals surface area contributed by atoms with Gasteiger partial charge >= 0.3 is 12.4 Å². The van der Waals surface area contributed by atoms with Gasteiger partial charge in [-0.1, -0.05) is 18.2 Å². The lowest BCUT2D eigenvalue weighted by atomic mass is 10.1. The van der Waals surface area contributed by atoms with Gasteiger partial charge in [-0.15, -0.1) is 0 Å². The summed E-state index contributed by atoms with van der Waals surface area (Å²) in [5.41, 5.74) is -2.08. The molecular formula is C17H12F6N2O. The second-order valence-corrected chi connectivity index (χ2v) is 5.80. The van der Waals surface area contributed by atoms with E-state index in [0.717, 1.165) is 5.56 Å². The van der Waals surface area contributed by atoms with Crippen molar-refractivity contribution < 1.29 is 31.1 Å². The Morgan fingerprint density at radius 1 is 1.00 bits per heavy atom. The fourth-order valence-corrected chi connectivity index (χ4v) is 2.75. The molecule has 0 radical (unpaired) electrons. The Kier molecular flexibility index (Phi) is 4.33. The van der Waals surface area contributed by atoms with Crippen molar-refractivity contribution >= 4 is 17.3 Å². The second-order valence-electron chi connectivity index (χ2n) is 5.80. The number of alkyl halides is 6. The first-order valence-corrected chi connectivity index (χ1v) is 7.49. The van der Waals surface area contributed by atoms with Crippen molar-refractivity contribution in [1.82, 2.24) is 0 Å². The third-order valence-corrected chi connectivity index (χ3v) is 4.00. The van der Waals surface area contributed by atoms with Crippen molar-refractivity contribution in [3.8, 4) is 0 Å². The summed E-state index contributed by atoms with van der Waals surface area (Å²) in [5, 5.41) is 4.83. The third-order valence-electron chi connectivity index (χ3n) is 4.00. The molecule has 1 aliphatic heterocycles. The summed E-state index contributed by atoms with van der Waals surface area (Å²) in [4.78, 5) is 12.3. The van der Waals surface area contributed by atoms with Gasteiger partial charge in [-0.05, 0) is 29.8 Å². The van der Waals surface area contributed by atoms with Crippen LogP contribution in [0.4, 0.5) is 37.7 Å². The van der Waals surface area contributed by atoms with Gasteiger partial charge in [-0.3, -0.25) is 4.79 Å². The molecule has 1 atom stereocenters. The van der Waals surface area contributed by atoms with Crippen LogP contribution < -0.4 is 10.6 Å². The quantitative estimate of drug-likeness (QED) is 0.749. The van der Waals surface area contributed by atoms with Gasteiger partial charge in [-0.25, -0.2) is 0 Å². The van der Waals surface area contributed by atoms with Gasteiger partial charge in [0.2, 0.25) is 5.91 Å². The zero-order valence-electron chi connectivity index (χ0n) is 13.0. The molecule has 2 aromatic carbocycles. The molecule has 1 aliphatic rings. The molecule has 0 saturated carbocycles. The van der Waals surface area contributed by atoms with Crippen LogP contribution in [0.1, 0.15) is 16.7 Å². The van der Waals surface area contributed by atoms with Crippen molar-refractivity contribution in [3.05, 3.63) is 59.2 Å². The highest BCUT2D eigenvalue weighted by Gasteiger charge is 2.38. The first kappa shape index (κ1) is 18.1. The number of nitrogens with one attached hydrogen (secondary N) is 2. The minimum Gasteiger partial charge on any atom is -0.373 e. The minimum atomic E-state index is -4.90. The normalized spacial score (nSPS) is 16.8. The van der Waals surface area contributed by atoms with E-state index in [-0.39, 0.29) is 6.42 Å². The Balaban J connectivity index is 1.87. The molecule has 0 aromatic heterocycles. The summed E-state index contributed by atoms with van der Waals surface area (Å²) < 4.78 is 77.6. The van der Waals surface area contributed by atoms with E-state index in [1.165, 1.54) is 0 Å². The van der Waals surface area contributed by atoms with Crippen LogP contribution in [0.3, 0.4) is 0 Å². The van der Waals surface area contributed by atoms with Gasteiger partial charge in [-0.2, -0.15) is 26.3 Å². The first-order valence-electron chi connectivity index (χ1n) is 7.49. The van der Waals surface area contributed by atoms with Gasteiger partial charge in [0, 0.05) is 12.1 Å². The fourth-order valence-electron chi connectivity index (χ4n) is 2.75. The molecular weight excluding hydrogens is 362 g/mol. The lowest BCUT2D eigenvalue weighted by Gasteiger charge is -2.18. The first-order chi connectivity index (χ1) is 12.1. The highest BCUT2D eigenvalue weighted by atomic mass is 19.4. The van der Waals surface area contributed by atoms with Crippen molar-refractivity contribution in [2.24, 2.45) is 0 Å². The molecule has 0 fully saturated rings. The lowest BCUT2D eigenvalue weighted by molar-refractivity contribution is -0.141. The number of amides is 1. The van der Waals surface area contributed by atoms with Crippen LogP contribution >= 0.6 is 0 Å². The number of carbonyl (C=O) groups excluding carboxylic acids is 1. The maximum atomic E-state index is 13.1. The second kappa shape index (κ2) is 6.22. The molecule has 3 nitrogen and oxygen atoms in total. The smallest absolute Gasteiger partial charge is 0.373 e. The lowest BCUT2D eigenvalue weighted by Crippen LogP contribution is -2.33. The van der Waals surface area contributed by atoms with Crippen LogP contribution in [0.2, 0.25) is 0 Å². The molecule has 26 heavy (non-hydrogen) atoms. The number of para-hydroxylation sites is 1. The van der Waals surface area contributed by atoms with Crippen molar-refractivity contribution in [2.75, 3.05) is 10.6 Å². The molecule has 2 N–H and O–H groups in total. The summed E-state index contributed by atoms with van der Waals surface area (Å²) >= 11 is 0. The van der Waals surface area contributed by atoms with Crippen molar-refractivity contribution in [1.29, 1.82) is 0 Å². The predicted molar refractivity (Wildman–Crippen MR) is 82.6 cm³/mol. The van der Waals surface area contributed by atoms with Gasteiger partial charge in [0.1, 0.15) is 6.04 Å². The summed E-state index contributed by atoms with van der Waals surface area (Å²) in [6.45, 7) is 0. The van der Waals surface area contributed by atoms with E-state index in [2.05, 4.69) is 5.32 Å². The van der Waals surface area contributed by atoms with Crippen LogP contribution in [-0.4, -0.2) is 11.9 Å². The number of carbonyl (C=O) groups is 1. The third kappa shape index (κ3) is 3.61. The molecule has 1 unspecified atom stereocenters. The Bertz CT molecular complexity index is 819. The van der Waals surface area contributed by atoms with E-state index >= 15 is 0 Å². The molecule has 0 spiro atoms. The summed E-state index contributed by atoms with van der Waals surface area (Å²) in [7, 11) is 0. The van der Waals surface area contributed by atoms with Gasteiger partial charge in [0.25, 0.3) is 0 Å². The van der Waals surface area contributed by atoms with Gasteiger partial charge in [0.05, 0.1) is 16.8 Å². The van der Waals surface area contributed by atoms with Crippen molar-refractivity contribution in [2.45, 2.75) is 24.8 Å². The molecule has 0 aliphatic carbocycles. The van der Waals surface area contributed by atoms with Crippen LogP contribution in [0.5, 0.6) is 0 Å². The van der Waals surface area contributed by atoms with Gasteiger partial charge < -0.3 is 10.6 Å². The molecule has 9 heteroatoms. The molecule has 3 rings (SSSR count). The minimum absolute atomic E-state index is 0.225. The maximum absolute atomic E-state index is 13.1. The number of fused-ring (bicyclic) bond motifs is 1. The Morgan fingerprint density at radius 2 is 1.69 bits per heavy atom. The van der Waals surface area contributed by atoms with Crippen molar-refractivity contribution in [3.63, 3.8) is 0 Å². The zero-order chi connectivity index (χ0) is 19.1. The molecule has 0 saturated heterocycles. The average Bonchev–Trinajstić information content (AvgIpc) is 2.97. The van der Waals surface area contributed by atoms with Crippen LogP contribution in [-0.2, 0) is 23.6 Å². The highest BCUT2D eigenvalue weighted by molar-refractivity contribution is 5.98. The van der Waals surface area contributed by atoms with Crippen LogP contribution in [0, 0.1) is 0 Å². The van der Waals surface area contributed by atoms with E-state index in [9.17, 15) is 31.1 Å². The molecule has 2 aromatic rings. The fraction of sp³-hybridized carbons (Fsp3) is 0.235. The largest absolute Gasteiger partial charge is 0.418 e. The average molecular weight is 374 g/mol. The molecule has 138 valence electrons. The molecule has 1 amide bonds. The SMILES string of the molecule is O=C(Nc1cc(C(F)(F)F)ccc1C(F)(F)F)C1Cc2ccccc2N1. The van der Waals surface area contributed by atoms with Crippen LogP contribution in [0.25, 0.3) is 0 Å². The molecule has 1 heterocycles. The maximum Gasteiger partial charge on any atom is 0.418 e. The van der Waals surface area contributed by atoms with Crippen LogP contribution in [0.15, 0.2) is 42.5 Å². The Labute approximate surface area is 144 Å². The number of halogens is 6. The van der Waals surface area contributed by atoms with E-state index in [1.807, 2.05) is 5.32 Å². The summed E-state index contributed by atoms with van der Waals surface area (Å²) in [5.74, 6) is -0.842. The van der Waals surface area contributed by atoms with E-state index in [4.69, 9.17) is 0 Å². The number of hydrogen-bond acceptors (Lipinski definition) is 2. The van der Waals surface area contributed by atoms with Gasteiger partial charge in [0.15, 0.2) is 0 Å². The summed E-state index contributed by atoms with van der Waals surface area (Å²) in [6, 6.07) is 6.99. The number of anilines is 2. The number of rotatable bonds is 2. The predicted octanol–water partition coefficient (Wildman–Crippen LogP) is 4.70. The number of benzene rings is 2. The topological polar surface area (TPSA) is 41.1 Å². The number of hydrogen-bond donors (Lipinski definition) is 2. The molecule has 0 bridgehead atoms. The monoisotopic (exact) mass is 374 g/mol. The standard InChI is InChI=1S/C17H12F6N2O/c18-16(19,20)10-5-6-11(17(21,22)23)13(8-10)25-15(26)14-7-9-3-1-2-4-12(9)24-14/h1-6,8,14,24H,7H2,(H,25,26). The Hall–Kier alpha value is -2.71. The zero-order valence-corrected chi connectivity index (χ0v) is 13.0. The highest BCUT2D eigenvalue weighted by Crippen LogP contribution is 2.39. The van der Waals surface area contributed by atoms with E-state index < -0.39 is 41.1 Å². The Morgan fingerprint density at radius 3 is 2.31 bits per heavy atom. The van der Waals surface area contributed by atoms with E-state index in [1.54, 1.807) is 24.3 Å². The van der Waals surface area contributed by atoms with E-state index in [0.29, 0.717) is 23.9 Å². The summed E-state index contributed by atoms with van der Waals surface area (Å²) in [6.07, 6.45) is -9.51.